The molecule has 1 aromatic carbocycles. The third kappa shape index (κ3) is 3.02. The molecule has 0 heterocycles. The number of methoxy groups -OCH3 is 1. The lowest BCUT2D eigenvalue weighted by Gasteiger charge is -2.25. The SMILES string of the molecule is CCc1cc(C(C)C)cc(C(C)(C)C)c1OC. The predicted octanol–water partition coefficient (Wildman–Crippen LogP) is 4.68. The molecule has 0 N–H and O–H groups in total. The summed E-state index contributed by atoms with van der Waals surface area (Å²) in [5.41, 5.74) is 4.18. The van der Waals surface area contributed by atoms with Crippen molar-refractivity contribution >= 4 is 0 Å². The average Bonchev–Trinajstić information content (AvgIpc) is 2.25. The van der Waals surface area contributed by atoms with E-state index < -0.39 is 0 Å². The van der Waals surface area contributed by atoms with Crippen molar-refractivity contribution in [1.29, 1.82) is 0 Å². The highest BCUT2D eigenvalue weighted by molar-refractivity contribution is 5.48. The van der Waals surface area contributed by atoms with Crippen LogP contribution < -0.4 is 4.74 Å². The van der Waals surface area contributed by atoms with Crippen LogP contribution in [0.5, 0.6) is 5.75 Å². The van der Waals surface area contributed by atoms with Gasteiger partial charge in [0.1, 0.15) is 5.75 Å². The van der Waals surface area contributed by atoms with Crippen LogP contribution in [0.4, 0.5) is 0 Å². The minimum Gasteiger partial charge on any atom is -0.496 e. The molecule has 96 valence electrons. The largest absolute Gasteiger partial charge is 0.496 e. The summed E-state index contributed by atoms with van der Waals surface area (Å²) < 4.78 is 5.63. The maximum absolute atomic E-state index is 5.63. The number of aryl methyl sites for hydroxylation is 1. The first-order chi connectivity index (χ1) is 7.81. The molecule has 0 saturated heterocycles. The highest BCUT2D eigenvalue weighted by Gasteiger charge is 2.22. The summed E-state index contributed by atoms with van der Waals surface area (Å²) in [6.07, 6.45) is 1.02. The van der Waals surface area contributed by atoms with Crippen molar-refractivity contribution in [3.63, 3.8) is 0 Å². The number of ether oxygens (including phenoxy) is 1. The molecule has 1 rings (SSSR count). The molecule has 0 aromatic heterocycles. The van der Waals surface area contributed by atoms with Gasteiger partial charge in [-0.3, -0.25) is 0 Å². The Morgan fingerprint density at radius 2 is 1.76 bits per heavy atom. The maximum atomic E-state index is 5.63. The Labute approximate surface area is 106 Å². The summed E-state index contributed by atoms with van der Waals surface area (Å²) >= 11 is 0. The number of hydrogen-bond acceptors (Lipinski definition) is 1. The van der Waals surface area contributed by atoms with E-state index in [1.165, 1.54) is 16.7 Å². The van der Waals surface area contributed by atoms with Crippen molar-refractivity contribution < 1.29 is 4.74 Å². The van der Waals surface area contributed by atoms with Gasteiger partial charge in [0.25, 0.3) is 0 Å². The molecule has 0 bridgehead atoms. The number of rotatable bonds is 3. The second kappa shape index (κ2) is 5.12. The van der Waals surface area contributed by atoms with Crippen LogP contribution in [0.1, 0.15) is 64.2 Å². The van der Waals surface area contributed by atoms with Crippen LogP contribution in [-0.2, 0) is 11.8 Å². The molecule has 0 atom stereocenters. The normalized spacial score (nSPS) is 12.0. The van der Waals surface area contributed by atoms with E-state index in [1.807, 2.05) is 0 Å². The maximum Gasteiger partial charge on any atom is 0.125 e. The molecule has 0 aliphatic heterocycles. The smallest absolute Gasteiger partial charge is 0.125 e. The van der Waals surface area contributed by atoms with Gasteiger partial charge in [0, 0.05) is 5.56 Å². The van der Waals surface area contributed by atoms with Crippen LogP contribution in [0.2, 0.25) is 0 Å². The first-order valence-electron chi connectivity index (χ1n) is 6.52. The fraction of sp³-hybridized carbons (Fsp3) is 0.625. The Kier molecular flexibility index (Phi) is 4.24. The van der Waals surface area contributed by atoms with Crippen LogP contribution in [-0.4, -0.2) is 7.11 Å². The summed E-state index contributed by atoms with van der Waals surface area (Å²) in [6, 6.07) is 4.60. The molecule has 1 heteroatoms. The van der Waals surface area contributed by atoms with Crippen molar-refractivity contribution in [2.75, 3.05) is 7.11 Å². The van der Waals surface area contributed by atoms with E-state index in [2.05, 4.69) is 53.7 Å². The minimum absolute atomic E-state index is 0.125. The van der Waals surface area contributed by atoms with Crippen molar-refractivity contribution in [2.45, 2.75) is 59.3 Å². The quantitative estimate of drug-likeness (QED) is 0.738. The summed E-state index contributed by atoms with van der Waals surface area (Å²) in [5.74, 6) is 1.64. The van der Waals surface area contributed by atoms with Crippen molar-refractivity contribution in [3.8, 4) is 5.75 Å². The van der Waals surface area contributed by atoms with E-state index >= 15 is 0 Å². The second-order valence-electron chi connectivity index (χ2n) is 6.02. The molecule has 0 aliphatic carbocycles. The highest BCUT2D eigenvalue weighted by Crippen LogP contribution is 2.37. The fourth-order valence-corrected chi connectivity index (χ4v) is 2.11. The Bertz CT molecular complexity index is 383. The Hall–Kier alpha value is -0.980. The Morgan fingerprint density at radius 1 is 1.18 bits per heavy atom. The van der Waals surface area contributed by atoms with Crippen LogP contribution >= 0.6 is 0 Å². The van der Waals surface area contributed by atoms with Gasteiger partial charge in [-0.1, -0.05) is 53.7 Å². The van der Waals surface area contributed by atoms with Gasteiger partial charge >= 0.3 is 0 Å². The zero-order valence-electron chi connectivity index (χ0n) is 12.3. The van der Waals surface area contributed by atoms with Gasteiger partial charge in [-0.15, -0.1) is 0 Å². The van der Waals surface area contributed by atoms with Crippen LogP contribution in [0.15, 0.2) is 12.1 Å². The predicted molar refractivity (Wildman–Crippen MR) is 75.2 cm³/mol. The highest BCUT2D eigenvalue weighted by atomic mass is 16.5. The van der Waals surface area contributed by atoms with Gasteiger partial charge in [-0.25, -0.2) is 0 Å². The summed E-state index contributed by atoms with van der Waals surface area (Å²) in [4.78, 5) is 0. The first kappa shape index (κ1) is 14.1. The standard InChI is InChI=1S/C16H26O/c1-8-12-9-13(11(2)3)10-14(15(12)17-7)16(4,5)6/h9-11H,8H2,1-7H3. The fourth-order valence-electron chi connectivity index (χ4n) is 2.11. The van der Waals surface area contributed by atoms with Gasteiger partial charge < -0.3 is 4.74 Å². The molecule has 0 radical (unpaired) electrons. The summed E-state index contributed by atoms with van der Waals surface area (Å²) in [6.45, 7) is 13.4. The van der Waals surface area contributed by atoms with Crippen LogP contribution in [0.3, 0.4) is 0 Å². The van der Waals surface area contributed by atoms with Crippen molar-refractivity contribution in [3.05, 3.63) is 28.8 Å². The average molecular weight is 234 g/mol. The molecule has 1 aromatic rings. The van der Waals surface area contributed by atoms with Gasteiger partial charge in [0.2, 0.25) is 0 Å². The van der Waals surface area contributed by atoms with E-state index in [4.69, 9.17) is 4.74 Å². The van der Waals surface area contributed by atoms with Crippen LogP contribution in [0.25, 0.3) is 0 Å². The van der Waals surface area contributed by atoms with E-state index in [0.29, 0.717) is 5.92 Å². The molecule has 0 unspecified atom stereocenters. The molecule has 0 amide bonds. The molecule has 17 heavy (non-hydrogen) atoms. The third-order valence-corrected chi connectivity index (χ3v) is 3.25. The molecule has 0 fully saturated rings. The molecular weight excluding hydrogens is 208 g/mol. The molecule has 0 spiro atoms. The van der Waals surface area contributed by atoms with Gasteiger partial charge in [0.05, 0.1) is 7.11 Å². The van der Waals surface area contributed by atoms with Crippen LogP contribution in [0, 0.1) is 0 Å². The second-order valence-corrected chi connectivity index (χ2v) is 6.02. The lowest BCUT2D eigenvalue weighted by atomic mass is 9.82. The third-order valence-electron chi connectivity index (χ3n) is 3.25. The van der Waals surface area contributed by atoms with Gasteiger partial charge in [-0.05, 0) is 28.9 Å². The van der Waals surface area contributed by atoms with Gasteiger partial charge in [0.15, 0.2) is 0 Å². The number of hydrogen-bond donors (Lipinski definition) is 0. The zero-order chi connectivity index (χ0) is 13.2. The first-order valence-corrected chi connectivity index (χ1v) is 6.52. The minimum atomic E-state index is 0.125. The monoisotopic (exact) mass is 234 g/mol. The molecule has 1 nitrogen and oxygen atoms in total. The summed E-state index contributed by atoms with van der Waals surface area (Å²) in [7, 11) is 1.78. The van der Waals surface area contributed by atoms with E-state index in [0.717, 1.165) is 12.2 Å². The molecule has 0 saturated carbocycles. The van der Waals surface area contributed by atoms with Gasteiger partial charge in [-0.2, -0.15) is 0 Å². The topological polar surface area (TPSA) is 9.23 Å². The van der Waals surface area contributed by atoms with Crippen molar-refractivity contribution in [2.24, 2.45) is 0 Å². The lowest BCUT2D eigenvalue weighted by Crippen LogP contribution is -2.15. The molecule has 0 aliphatic rings. The van der Waals surface area contributed by atoms with E-state index in [9.17, 15) is 0 Å². The van der Waals surface area contributed by atoms with E-state index in [1.54, 1.807) is 7.11 Å². The van der Waals surface area contributed by atoms with E-state index in [-0.39, 0.29) is 5.41 Å². The Morgan fingerprint density at radius 3 is 2.12 bits per heavy atom. The zero-order valence-corrected chi connectivity index (χ0v) is 12.3. The number of benzene rings is 1. The van der Waals surface area contributed by atoms with Crippen molar-refractivity contribution in [1.82, 2.24) is 0 Å². The lowest BCUT2D eigenvalue weighted by molar-refractivity contribution is 0.392. The Balaban J connectivity index is 3.48. The summed E-state index contributed by atoms with van der Waals surface area (Å²) in [5, 5.41) is 0. The molecular formula is C16H26O.